The van der Waals surface area contributed by atoms with Gasteiger partial charge in [-0.3, -0.25) is 9.59 Å². The third-order valence-electron chi connectivity index (χ3n) is 5.53. The Labute approximate surface area is 193 Å². The molecule has 2 aromatic heterocycles. The van der Waals surface area contributed by atoms with Crippen LogP contribution in [0.3, 0.4) is 0 Å². The molecule has 0 aliphatic carbocycles. The molecular weight excluding hydrogens is 442 g/mol. The van der Waals surface area contributed by atoms with Crippen molar-refractivity contribution in [1.82, 2.24) is 14.8 Å². The minimum atomic E-state index is -0.538. The fraction of sp³-hybridized carbons (Fsp3) is 0.217. The van der Waals surface area contributed by atoms with Gasteiger partial charge in [-0.2, -0.15) is 9.78 Å². The number of nitrogens with one attached hydrogen (secondary N) is 1. The molecule has 3 N–H and O–H groups in total. The Hall–Kier alpha value is -3.92. The van der Waals surface area contributed by atoms with Gasteiger partial charge in [-0.15, -0.1) is 0 Å². The quantitative estimate of drug-likeness (QED) is 0.453. The third-order valence-corrected chi connectivity index (χ3v) is 6.53. The second-order valence-corrected chi connectivity index (χ2v) is 8.73. The number of carbonyl (C=O) groups excluding carboxylic acids is 2. The average Bonchev–Trinajstić information content (AvgIpc) is 3.37. The van der Waals surface area contributed by atoms with E-state index in [9.17, 15) is 9.59 Å². The van der Waals surface area contributed by atoms with Gasteiger partial charge in [0.1, 0.15) is 17.3 Å². The molecule has 5 rings (SSSR count). The van der Waals surface area contributed by atoms with Gasteiger partial charge in [-0.1, -0.05) is 23.5 Å². The summed E-state index contributed by atoms with van der Waals surface area (Å²) in [4.78, 5) is 28.3. The summed E-state index contributed by atoms with van der Waals surface area (Å²) in [5.74, 6) is 1.13. The van der Waals surface area contributed by atoms with E-state index in [0.717, 1.165) is 32.8 Å². The van der Waals surface area contributed by atoms with E-state index in [0.29, 0.717) is 23.1 Å². The molecule has 3 heterocycles. The maximum absolute atomic E-state index is 12.6. The molecule has 0 fully saturated rings. The van der Waals surface area contributed by atoms with Crippen LogP contribution in [-0.4, -0.2) is 40.3 Å². The topological polar surface area (TPSA) is 121 Å². The Morgan fingerprint density at radius 3 is 2.73 bits per heavy atom. The van der Waals surface area contributed by atoms with Crippen LogP contribution in [-0.2, 0) is 9.59 Å². The van der Waals surface area contributed by atoms with E-state index >= 15 is 0 Å². The van der Waals surface area contributed by atoms with Crippen molar-refractivity contribution >= 4 is 39.2 Å². The van der Waals surface area contributed by atoms with Crippen LogP contribution in [0, 0.1) is 6.92 Å². The SMILES string of the molecule is COc1ccc2nc(-n3nc(C)c4c3NC(=O)C[C@H]4c3ccc(OCC(N)=O)cc3)sc2c1. The van der Waals surface area contributed by atoms with Gasteiger partial charge < -0.3 is 20.5 Å². The zero-order valence-electron chi connectivity index (χ0n) is 18.0. The highest BCUT2D eigenvalue weighted by Gasteiger charge is 2.33. The molecule has 9 nitrogen and oxygen atoms in total. The molecule has 0 saturated carbocycles. The van der Waals surface area contributed by atoms with Crippen molar-refractivity contribution in [2.75, 3.05) is 19.0 Å². The second-order valence-electron chi connectivity index (χ2n) is 7.72. The number of thiazole rings is 1. The van der Waals surface area contributed by atoms with Gasteiger partial charge in [0.05, 0.1) is 23.0 Å². The first-order chi connectivity index (χ1) is 15.9. The van der Waals surface area contributed by atoms with Crippen molar-refractivity contribution in [2.45, 2.75) is 19.3 Å². The summed E-state index contributed by atoms with van der Waals surface area (Å²) in [7, 11) is 1.63. The number of hydrogen-bond donors (Lipinski definition) is 2. The zero-order valence-corrected chi connectivity index (χ0v) is 18.8. The predicted octanol–water partition coefficient (Wildman–Crippen LogP) is 3.14. The lowest BCUT2D eigenvalue weighted by Crippen LogP contribution is -2.25. The van der Waals surface area contributed by atoms with Crippen LogP contribution in [0.2, 0.25) is 0 Å². The molecule has 0 bridgehead atoms. The first kappa shape index (κ1) is 21.0. The first-order valence-corrected chi connectivity index (χ1v) is 11.1. The molecule has 0 saturated heterocycles. The number of benzene rings is 2. The van der Waals surface area contributed by atoms with E-state index in [2.05, 4.69) is 5.32 Å². The van der Waals surface area contributed by atoms with Gasteiger partial charge in [0, 0.05) is 17.9 Å². The van der Waals surface area contributed by atoms with Crippen LogP contribution >= 0.6 is 11.3 Å². The highest BCUT2D eigenvalue weighted by molar-refractivity contribution is 7.20. The van der Waals surface area contributed by atoms with E-state index in [1.54, 1.807) is 23.9 Å². The summed E-state index contributed by atoms with van der Waals surface area (Å²) in [6.45, 7) is 1.75. The van der Waals surface area contributed by atoms with Gasteiger partial charge in [-0.05, 0) is 42.8 Å². The Morgan fingerprint density at radius 1 is 1.24 bits per heavy atom. The van der Waals surface area contributed by atoms with Crippen molar-refractivity contribution in [2.24, 2.45) is 5.73 Å². The van der Waals surface area contributed by atoms with Gasteiger partial charge in [0.15, 0.2) is 6.61 Å². The monoisotopic (exact) mass is 463 g/mol. The second kappa shape index (κ2) is 8.21. The van der Waals surface area contributed by atoms with Crippen LogP contribution in [0.15, 0.2) is 42.5 Å². The molecule has 0 unspecified atom stereocenters. The summed E-state index contributed by atoms with van der Waals surface area (Å²) < 4.78 is 13.3. The number of rotatable bonds is 6. The van der Waals surface area contributed by atoms with Crippen LogP contribution in [0.25, 0.3) is 15.3 Å². The van der Waals surface area contributed by atoms with E-state index in [-0.39, 0.29) is 18.4 Å². The standard InChI is InChI=1S/C23H21N5O4S/c1-12-21-16(13-3-5-14(6-4-13)32-11-19(24)29)10-20(30)26-22(21)28(27-12)23-25-17-8-7-15(31-2)9-18(17)33-23/h3-9,16H,10-11H2,1-2H3,(H2,24,29)(H,26,30)/t16-/m0/s1. The largest absolute Gasteiger partial charge is 0.497 e. The van der Waals surface area contributed by atoms with Gasteiger partial charge in [-0.25, -0.2) is 4.98 Å². The minimum Gasteiger partial charge on any atom is -0.497 e. The third kappa shape index (κ3) is 3.89. The number of nitrogens with two attached hydrogens (primary N) is 1. The van der Waals surface area contributed by atoms with Crippen molar-refractivity contribution in [3.8, 4) is 16.6 Å². The maximum Gasteiger partial charge on any atom is 0.255 e. The summed E-state index contributed by atoms with van der Waals surface area (Å²) >= 11 is 1.48. The molecule has 10 heteroatoms. The molecule has 2 amide bonds. The molecule has 2 aromatic carbocycles. The zero-order chi connectivity index (χ0) is 23.1. The Balaban J connectivity index is 1.53. The fourth-order valence-corrected chi connectivity index (χ4v) is 4.98. The number of nitrogens with zero attached hydrogens (tertiary/aromatic N) is 3. The Morgan fingerprint density at radius 2 is 2.00 bits per heavy atom. The molecule has 4 aromatic rings. The Bertz CT molecular complexity index is 1380. The molecule has 0 spiro atoms. The molecular formula is C23H21N5O4S. The molecule has 0 radical (unpaired) electrons. The number of primary amides is 1. The summed E-state index contributed by atoms with van der Waals surface area (Å²) in [5.41, 5.74) is 8.70. The Kier molecular flexibility index (Phi) is 5.21. The summed E-state index contributed by atoms with van der Waals surface area (Å²) in [5, 5.41) is 8.37. The number of ether oxygens (including phenoxy) is 2. The molecule has 1 atom stereocenters. The van der Waals surface area contributed by atoms with E-state index < -0.39 is 5.91 Å². The number of fused-ring (bicyclic) bond motifs is 2. The summed E-state index contributed by atoms with van der Waals surface area (Å²) in [6, 6.07) is 13.0. The fourth-order valence-electron chi connectivity index (χ4n) is 4.03. The lowest BCUT2D eigenvalue weighted by atomic mass is 9.86. The van der Waals surface area contributed by atoms with Crippen LogP contribution < -0.4 is 20.5 Å². The van der Waals surface area contributed by atoms with Crippen molar-refractivity contribution in [3.05, 3.63) is 59.3 Å². The number of amides is 2. The number of aromatic nitrogens is 3. The lowest BCUT2D eigenvalue weighted by Gasteiger charge is -2.24. The highest BCUT2D eigenvalue weighted by atomic mass is 32.1. The molecule has 1 aliphatic rings. The average molecular weight is 464 g/mol. The molecule has 33 heavy (non-hydrogen) atoms. The van der Waals surface area contributed by atoms with E-state index in [4.69, 9.17) is 25.3 Å². The van der Waals surface area contributed by atoms with E-state index in [1.165, 1.54) is 11.3 Å². The van der Waals surface area contributed by atoms with Crippen molar-refractivity contribution in [1.29, 1.82) is 0 Å². The van der Waals surface area contributed by atoms with Crippen molar-refractivity contribution in [3.63, 3.8) is 0 Å². The van der Waals surface area contributed by atoms with Gasteiger partial charge in [0.25, 0.3) is 5.91 Å². The van der Waals surface area contributed by atoms with Crippen LogP contribution in [0.1, 0.15) is 29.2 Å². The number of carbonyl (C=O) groups is 2. The smallest absolute Gasteiger partial charge is 0.255 e. The van der Waals surface area contributed by atoms with Gasteiger partial charge in [0.2, 0.25) is 11.0 Å². The number of methoxy groups -OCH3 is 1. The highest BCUT2D eigenvalue weighted by Crippen LogP contribution is 2.41. The number of anilines is 1. The van der Waals surface area contributed by atoms with Crippen molar-refractivity contribution < 1.29 is 19.1 Å². The summed E-state index contributed by atoms with van der Waals surface area (Å²) in [6.07, 6.45) is 0.304. The van der Waals surface area contributed by atoms with Gasteiger partial charge >= 0.3 is 0 Å². The van der Waals surface area contributed by atoms with Crippen LogP contribution in [0.4, 0.5) is 5.82 Å². The predicted molar refractivity (Wildman–Crippen MR) is 124 cm³/mol. The minimum absolute atomic E-state index is 0.0921. The van der Waals surface area contributed by atoms with E-state index in [1.807, 2.05) is 37.3 Å². The lowest BCUT2D eigenvalue weighted by molar-refractivity contribution is -0.120. The van der Waals surface area contributed by atoms with Crippen LogP contribution in [0.5, 0.6) is 11.5 Å². The molecule has 1 aliphatic heterocycles. The molecule has 168 valence electrons. The number of aryl methyl sites for hydroxylation is 1. The number of hydrogen-bond acceptors (Lipinski definition) is 7. The first-order valence-electron chi connectivity index (χ1n) is 10.3. The normalized spacial score (nSPS) is 15.2. The maximum atomic E-state index is 12.6.